The minimum absolute atomic E-state index is 0.0541. The van der Waals surface area contributed by atoms with Crippen molar-refractivity contribution in [2.24, 2.45) is 0 Å². The molecular weight excluding hydrogens is 351 g/mol. The molecule has 138 valence electrons. The molecule has 1 saturated heterocycles. The second-order valence-corrected chi connectivity index (χ2v) is 7.81. The van der Waals surface area contributed by atoms with Gasteiger partial charge in [0.1, 0.15) is 18.1 Å². The molecule has 1 aliphatic rings. The Hall–Kier alpha value is -2.18. The molecule has 0 atom stereocenters. The number of quaternary nitrogens is 1. The molecular formula is C20H24FN2O2S+. The van der Waals surface area contributed by atoms with E-state index in [2.05, 4.69) is 13.0 Å². The number of carbonyl (C=O) groups is 1. The van der Waals surface area contributed by atoms with Gasteiger partial charge in [-0.15, -0.1) is 11.3 Å². The van der Waals surface area contributed by atoms with Crippen LogP contribution >= 0.6 is 11.3 Å². The van der Waals surface area contributed by atoms with Crippen molar-refractivity contribution in [3.63, 3.8) is 0 Å². The van der Waals surface area contributed by atoms with E-state index >= 15 is 0 Å². The number of ether oxygens (including phenoxy) is 1. The van der Waals surface area contributed by atoms with Crippen molar-refractivity contribution >= 4 is 23.3 Å². The number of thiophene rings is 1. The average Bonchev–Trinajstić information content (AvgIpc) is 3.06. The number of piperazine rings is 1. The SMILES string of the molecule is COc1ccc(F)cc1C[NH+]1CCN(C(=O)/C=C/c2ccc(C)s2)CC1. The van der Waals surface area contributed by atoms with E-state index in [-0.39, 0.29) is 11.7 Å². The highest BCUT2D eigenvalue weighted by molar-refractivity contribution is 7.12. The fourth-order valence-electron chi connectivity index (χ4n) is 3.18. The Kier molecular flexibility index (Phi) is 6.06. The lowest BCUT2D eigenvalue weighted by molar-refractivity contribution is -0.917. The Balaban J connectivity index is 1.53. The van der Waals surface area contributed by atoms with Gasteiger partial charge in [0, 0.05) is 15.8 Å². The molecule has 3 rings (SSSR count). The summed E-state index contributed by atoms with van der Waals surface area (Å²) in [7, 11) is 1.60. The summed E-state index contributed by atoms with van der Waals surface area (Å²) in [5.74, 6) is 0.521. The number of amides is 1. The van der Waals surface area contributed by atoms with E-state index in [9.17, 15) is 9.18 Å². The van der Waals surface area contributed by atoms with Crippen LogP contribution in [0.2, 0.25) is 0 Å². The Bertz CT molecular complexity index is 795. The molecule has 0 unspecified atom stereocenters. The molecule has 1 amide bonds. The zero-order valence-corrected chi connectivity index (χ0v) is 15.9. The lowest BCUT2D eigenvalue weighted by atomic mass is 10.1. The van der Waals surface area contributed by atoms with Gasteiger partial charge in [0.25, 0.3) is 0 Å². The Morgan fingerprint density at radius 1 is 1.31 bits per heavy atom. The predicted octanol–water partition coefficient (Wildman–Crippen LogP) is 2.14. The van der Waals surface area contributed by atoms with Crippen molar-refractivity contribution in [1.29, 1.82) is 0 Å². The first-order valence-corrected chi connectivity index (χ1v) is 9.56. The summed E-state index contributed by atoms with van der Waals surface area (Å²) < 4.78 is 18.8. The van der Waals surface area contributed by atoms with Crippen LogP contribution < -0.4 is 9.64 Å². The largest absolute Gasteiger partial charge is 0.496 e. The van der Waals surface area contributed by atoms with Crippen LogP contribution in [-0.4, -0.2) is 44.1 Å². The molecule has 0 saturated carbocycles. The summed E-state index contributed by atoms with van der Waals surface area (Å²) in [5, 5.41) is 0. The summed E-state index contributed by atoms with van der Waals surface area (Å²) in [4.78, 5) is 17.9. The van der Waals surface area contributed by atoms with E-state index in [4.69, 9.17) is 4.74 Å². The highest BCUT2D eigenvalue weighted by Gasteiger charge is 2.23. The lowest BCUT2D eigenvalue weighted by Gasteiger charge is -2.31. The standard InChI is InChI=1S/C20H23FN2O2S/c1-15-3-5-18(26-15)6-8-20(24)23-11-9-22(10-12-23)14-16-13-17(21)4-7-19(16)25-2/h3-8,13H,9-12,14H2,1-2H3/p+1/b8-6+. The average molecular weight is 375 g/mol. The minimum Gasteiger partial charge on any atom is -0.496 e. The number of aryl methyl sites for hydroxylation is 1. The van der Waals surface area contributed by atoms with E-state index in [0.717, 1.165) is 23.5 Å². The molecule has 0 radical (unpaired) electrons. The maximum Gasteiger partial charge on any atom is 0.247 e. The number of nitrogens with zero attached hydrogens (tertiary/aromatic N) is 1. The normalized spacial score (nSPS) is 15.6. The summed E-state index contributed by atoms with van der Waals surface area (Å²) in [5.41, 5.74) is 0.871. The van der Waals surface area contributed by atoms with Gasteiger partial charge in [-0.1, -0.05) is 0 Å². The number of benzene rings is 1. The van der Waals surface area contributed by atoms with Crippen LogP contribution in [-0.2, 0) is 11.3 Å². The molecule has 2 aromatic rings. The summed E-state index contributed by atoms with van der Waals surface area (Å²) in [6.07, 6.45) is 3.54. The molecule has 6 heteroatoms. The molecule has 1 aromatic heterocycles. The Morgan fingerprint density at radius 3 is 2.73 bits per heavy atom. The number of halogens is 1. The molecule has 4 nitrogen and oxygen atoms in total. The topological polar surface area (TPSA) is 34.0 Å². The van der Waals surface area contributed by atoms with Crippen LogP contribution in [0.15, 0.2) is 36.4 Å². The number of carbonyl (C=O) groups excluding carboxylic acids is 1. The van der Waals surface area contributed by atoms with Gasteiger partial charge in [-0.25, -0.2) is 4.39 Å². The Labute approximate surface area is 157 Å². The minimum atomic E-state index is -0.247. The summed E-state index contributed by atoms with van der Waals surface area (Å²) >= 11 is 1.68. The summed E-state index contributed by atoms with van der Waals surface area (Å²) in [6, 6.07) is 8.70. The van der Waals surface area contributed by atoms with Crippen LogP contribution in [0, 0.1) is 12.7 Å². The highest BCUT2D eigenvalue weighted by Crippen LogP contribution is 2.18. The van der Waals surface area contributed by atoms with Crippen LogP contribution in [0.25, 0.3) is 6.08 Å². The number of hydrogen-bond donors (Lipinski definition) is 1. The van der Waals surface area contributed by atoms with Crippen molar-refractivity contribution < 1.29 is 18.8 Å². The number of rotatable bonds is 5. The zero-order valence-electron chi connectivity index (χ0n) is 15.1. The molecule has 1 fully saturated rings. The Morgan fingerprint density at radius 2 is 2.08 bits per heavy atom. The molecule has 1 N–H and O–H groups in total. The first-order valence-electron chi connectivity index (χ1n) is 8.74. The van der Waals surface area contributed by atoms with Gasteiger partial charge in [0.05, 0.1) is 38.9 Å². The van der Waals surface area contributed by atoms with Crippen LogP contribution in [0.1, 0.15) is 15.3 Å². The van der Waals surface area contributed by atoms with Gasteiger partial charge >= 0.3 is 0 Å². The molecule has 0 spiro atoms. The van der Waals surface area contributed by atoms with E-state index < -0.39 is 0 Å². The smallest absolute Gasteiger partial charge is 0.247 e. The van der Waals surface area contributed by atoms with E-state index in [1.54, 1.807) is 30.6 Å². The second-order valence-electron chi connectivity index (χ2n) is 6.49. The second kappa shape index (κ2) is 8.47. The molecule has 0 aliphatic carbocycles. The quantitative estimate of drug-likeness (QED) is 0.813. The van der Waals surface area contributed by atoms with Gasteiger partial charge in [-0.2, -0.15) is 0 Å². The van der Waals surface area contributed by atoms with Gasteiger partial charge in [0.2, 0.25) is 5.91 Å². The molecule has 0 bridgehead atoms. The molecule has 1 aromatic carbocycles. The summed E-state index contributed by atoms with van der Waals surface area (Å²) in [6.45, 7) is 5.86. The molecule has 26 heavy (non-hydrogen) atoms. The van der Waals surface area contributed by atoms with E-state index in [0.29, 0.717) is 25.4 Å². The number of methoxy groups -OCH3 is 1. The third-order valence-corrected chi connectivity index (χ3v) is 5.58. The fourth-order valence-corrected chi connectivity index (χ4v) is 3.96. The maximum absolute atomic E-state index is 13.5. The van der Waals surface area contributed by atoms with Crippen molar-refractivity contribution in [2.45, 2.75) is 13.5 Å². The maximum atomic E-state index is 13.5. The van der Waals surface area contributed by atoms with Crippen molar-refractivity contribution in [2.75, 3.05) is 33.3 Å². The van der Waals surface area contributed by atoms with Crippen LogP contribution in [0.3, 0.4) is 0 Å². The van der Waals surface area contributed by atoms with Gasteiger partial charge in [-0.05, 0) is 43.3 Å². The number of nitrogens with one attached hydrogen (secondary N) is 1. The van der Waals surface area contributed by atoms with Crippen molar-refractivity contribution in [1.82, 2.24) is 4.90 Å². The third-order valence-electron chi connectivity index (χ3n) is 4.62. The number of hydrogen-bond acceptors (Lipinski definition) is 3. The monoisotopic (exact) mass is 375 g/mol. The molecule has 1 aliphatic heterocycles. The van der Waals surface area contributed by atoms with E-state index in [1.807, 2.05) is 17.0 Å². The van der Waals surface area contributed by atoms with Crippen molar-refractivity contribution in [3.05, 3.63) is 57.5 Å². The third kappa shape index (κ3) is 4.71. The zero-order chi connectivity index (χ0) is 18.5. The van der Waals surface area contributed by atoms with Crippen molar-refractivity contribution in [3.8, 4) is 5.75 Å². The van der Waals surface area contributed by atoms with Gasteiger partial charge in [0.15, 0.2) is 0 Å². The van der Waals surface area contributed by atoms with Crippen LogP contribution in [0.4, 0.5) is 4.39 Å². The lowest BCUT2D eigenvalue weighted by Crippen LogP contribution is -3.13. The highest BCUT2D eigenvalue weighted by atomic mass is 32.1. The van der Waals surface area contributed by atoms with Crippen LogP contribution in [0.5, 0.6) is 5.75 Å². The van der Waals surface area contributed by atoms with Gasteiger partial charge in [-0.3, -0.25) is 4.79 Å². The fraction of sp³-hybridized carbons (Fsp3) is 0.350. The van der Waals surface area contributed by atoms with Gasteiger partial charge < -0.3 is 14.5 Å². The predicted molar refractivity (Wildman–Crippen MR) is 102 cm³/mol. The molecule has 2 heterocycles. The first kappa shape index (κ1) is 18.6. The van der Waals surface area contributed by atoms with E-state index in [1.165, 1.54) is 21.9 Å². The first-order chi connectivity index (χ1) is 12.5.